The number of rotatable bonds is 3. The third-order valence-electron chi connectivity index (χ3n) is 6.79. The first kappa shape index (κ1) is 19.4. The summed E-state index contributed by atoms with van der Waals surface area (Å²) in [6.07, 6.45) is 7.57. The van der Waals surface area contributed by atoms with Gasteiger partial charge in [-0.1, -0.05) is 0 Å². The van der Waals surface area contributed by atoms with Crippen LogP contribution >= 0.6 is 0 Å². The van der Waals surface area contributed by atoms with Crippen LogP contribution in [0.25, 0.3) is 0 Å². The number of carbonyl (C=O) groups is 2. The van der Waals surface area contributed by atoms with Crippen LogP contribution in [0.2, 0.25) is 0 Å². The highest BCUT2D eigenvalue weighted by atomic mass is 16.5. The lowest BCUT2D eigenvalue weighted by molar-refractivity contribution is -0.141. The van der Waals surface area contributed by atoms with Crippen LogP contribution in [0, 0.1) is 19.3 Å². The first-order valence-corrected chi connectivity index (χ1v) is 10.6. The minimum Gasteiger partial charge on any atom is -0.376 e. The molecular weight excluding hydrogens is 354 g/mol. The summed E-state index contributed by atoms with van der Waals surface area (Å²) in [6.45, 7) is 7.81. The average Bonchev–Trinajstić information content (AvgIpc) is 3.18. The Bertz CT molecular complexity index is 749. The summed E-state index contributed by atoms with van der Waals surface area (Å²) in [5, 5.41) is 0. The molecule has 0 radical (unpaired) electrons. The molecule has 3 saturated heterocycles. The highest BCUT2D eigenvalue weighted by Crippen LogP contribution is 2.40. The molecule has 152 valence electrons. The zero-order valence-electron chi connectivity index (χ0n) is 17.1. The molecule has 0 bridgehead atoms. The minimum absolute atomic E-state index is 0.0861. The lowest BCUT2D eigenvalue weighted by Crippen LogP contribution is -2.53. The van der Waals surface area contributed by atoms with E-state index in [1.165, 1.54) is 0 Å². The number of carbonyl (C=O) groups excluding carboxylic acids is 2. The Morgan fingerprint density at radius 3 is 2.75 bits per heavy atom. The van der Waals surface area contributed by atoms with Gasteiger partial charge in [0, 0.05) is 51.1 Å². The number of aromatic nitrogens is 1. The molecule has 1 spiro atoms. The van der Waals surface area contributed by atoms with Gasteiger partial charge in [0.25, 0.3) is 5.91 Å². The van der Waals surface area contributed by atoms with E-state index in [0.29, 0.717) is 12.0 Å². The summed E-state index contributed by atoms with van der Waals surface area (Å²) in [6, 6.07) is 1.97. The van der Waals surface area contributed by atoms with E-state index in [9.17, 15) is 9.59 Å². The van der Waals surface area contributed by atoms with Crippen molar-refractivity contribution >= 4 is 11.8 Å². The van der Waals surface area contributed by atoms with Gasteiger partial charge in [-0.25, -0.2) is 0 Å². The monoisotopic (exact) mass is 385 g/mol. The van der Waals surface area contributed by atoms with E-state index in [2.05, 4.69) is 4.98 Å². The van der Waals surface area contributed by atoms with E-state index < -0.39 is 0 Å². The second-order valence-corrected chi connectivity index (χ2v) is 8.84. The molecule has 3 aliphatic rings. The fraction of sp³-hybridized carbons (Fsp3) is 0.682. The topological polar surface area (TPSA) is 62.7 Å². The van der Waals surface area contributed by atoms with E-state index in [1.54, 1.807) is 6.20 Å². The van der Waals surface area contributed by atoms with Crippen molar-refractivity contribution in [2.24, 2.45) is 5.41 Å². The molecular formula is C22H31N3O3. The smallest absolute Gasteiger partial charge is 0.255 e. The Kier molecular flexibility index (Phi) is 5.41. The van der Waals surface area contributed by atoms with Crippen LogP contribution in [0.4, 0.5) is 0 Å². The quantitative estimate of drug-likeness (QED) is 0.803. The zero-order valence-corrected chi connectivity index (χ0v) is 17.1. The third-order valence-corrected chi connectivity index (χ3v) is 6.79. The molecule has 6 heteroatoms. The number of hydrogen-bond donors (Lipinski definition) is 0. The Labute approximate surface area is 167 Å². The highest BCUT2D eigenvalue weighted by Gasteiger charge is 2.42. The van der Waals surface area contributed by atoms with E-state index in [-0.39, 0.29) is 23.3 Å². The van der Waals surface area contributed by atoms with Gasteiger partial charge in [0.15, 0.2) is 0 Å². The zero-order chi connectivity index (χ0) is 19.7. The van der Waals surface area contributed by atoms with Gasteiger partial charge in [0.1, 0.15) is 0 Å². The highest BCUT2D eigenvalue weighted by molar-refractivity contribution is 5.95. The molecule has 3 fully saturated rings. The lowest BCUT2D eigenvalue weighted by atomic mass is 9.72. The van der Waals surface area contributed by atoms with Crippen molar-refractivity contribution in [3.63, 3.8) is 0 Å². The van der Waals surface area contributed by atoms with Crippen molar-refractivity contribution in [3.8, 4) is 0 Å². The van der Waals surface area contributed by atoms with Crippen LogP contribution in [-0.2, 0) is 9.53 Å². The first-order valence-electron chi connectivity index (χ1n) is 10.6. The van der Waals surface area contributed by atoms with Crippen LogP contribution in [0.5, 0.6) is 0 Å². The summed E-state index contributed by atoms with van der Waals surface area (Å²) < 4.78 is 5.74. The number of nitrogens with zero attached hydrogens (tertiary/aromatic N) is 3. The van der Waals surface area contributed by atoms with Crippen molar-refractivity contribution in [2.75, 3.05) is 32.8 Å². The second kappa shape index (κ2) is 7.82. The number of hydrogen-bond acceptors (Lipinski definition) is 4. The van der Waals surface area contributed by atoms with Crippen molar-refractivity contribution < 1.29 is 14.3 Å². The standard InChI is InChI=1S/C22H31N3O3/c1-16-12-17(2)23-13-19(16)21(27)24-9-7-22(8-10-24)6-5-20(26)25(15-22)14-18-4-3-11-28-18/h12-13,18H,3-11,14-15H2,1-2H3. The fourth-order valence-electron chi connectivity index (χ4n) is 4.99. The lowest BCUT2D eigenvalue weighted by Gasteiger charge is -2.47. The summed E-state index contributed by atoms with van der Waals surface area (Å²) in [7, 11) is 0. The molecule has 3 aliphatic heterocycles. The van der Waals surface area contributed by atoms with Gasteiger partial charge in [-0.2, -0.15) is 0 Å². The SMILES string of the molecule is Cc1cc(C)c(C(=O)N2CCC3(CCC(=O)N(CC4CCCO4)C3)CC2)cn1. The van der Waals surface area contributed by atoms with Crippen LogP contribution in [-0.4, -0.2) is 65.5 Å². The maximum Gasteiger partial charge on any atom is 0.255 e. The van der Waals surface area contributed by atoms with E-state index in [4.69, 9.17) is 4.74 Å². The Balaban J connectivity index is 1.38. The molecule has 1 atom stereocenters. The summed E-state index contributed by atoms with van der Waals surface area (Å²) >= 11 is 0. The summed E-state index contributed by atoms with van der Waals surface area (Å²) in [5.41, 5.74) is 2.79. The maximum absolute atomic E-state index is 13.0. The van der Waals surface area contributed by atoms with E-state index in [1.807, 2.05) is 29.7 Å². The summed E-state index contributed by atoms with van der Waals surface area (Å²) in [5.74, 6) is 0.351. The molecule has 1 unspecified atom stereocenters. The number of pyridine rings is 1. The molecule has 0 saturated carbocycles. The van der Waals surface area contributed by atoms with Gasteiger partial charge in [-0.3, -0.25) is 14.6 Å². The molecule has 2 amide bonds. The largest absolute Gasteiger partial charge is 0.376 e. The van der Waals surface area contributed by atoms with Crippen molar-refractivity contribution in [2.45, 2.75) is 58.5 Å². The Morgan fingerprint density at radius 2 is 2.07 bits per heavy atom. The predicted octanol–water partition coefficient (Wildman–Crippen LogP) is 2.72. The van der Waals surface area contributed by atoms with Crippen molar-refractivity contribution in [3.05, 3.63) is 29.1 Å². The minimum atomic E-state index is 0.0861. The van der Waals surface area contributed by atoms with Gasteiger partial charge in [0.05, 0.1) is 11.7 Å². The maximum atomic E-state index is 13.0. The first-order chi connectivity index (χ1) is 13.5. The molecule has 1 aromatic heterocycles. The van der Waals surface area contributed by atoms with Crippen molar-refractivity contribution in [1.29, 1.82) is 0 Å². The summed E-state index contributed by atoms with van der Waals surface area (Å²) in [4.78, 5) is 33.7. The van der Waals surface area contributed by atoms with Crippen LogP contribution in [0.1, 0.15) is 60.1 Å². The van der Waals surface area contributed by atoms with Crippen LogP contribution < -0.4 is 0 Å². The van der Waals surface area contributed by atoms with Gasteiger partial charge in [-0.15, -0.1) is 0 Å². The molecule has 6 nitrogen and oxygen atoms in total. The van der Waals surface area contributed by atoms with Gasteiger partial charge < -0.3 is 14.5 Å². The average molecular weight is 386 g/mol. The molecule has 0 aromatic carbocycles. The van der Waals surface area contributed by atoms with E-state index >= 15 is 0 Å². The Hall–Kier alpha value is -1.95. The normalized spacial score (nSPS) is 24.8. The molecule has 4 heterocycles. The predicted molar refractivity (Wildman–Crippen MR) is 106 cm³/mol. The molecule has 0 N–H and O–H groups in total. The number of likely N-dealkylation sites (tertiary alicyclic amines) is 2. The van der Waals surface area contributed by atoms with Crippen LogP contribution in [0.15, 0.2) is 12.3 Å². The van der Waals surface area contributed by atoms with Crippen LogP contribution in [0.3, 0.4) is 0 Å². The number of piperidine rings is 2. The Morgan fingerprint density at radius 1 is 1.29 bits per heavy atom. The van der Waals surface area contributed by atoms with Gasteiger partial charge in [-0.05, 0) is 63.0 Å². The van der Waals surface area contributed by atoms with E-state index in [0.717, 1.165) is 76.1 Å². The number of aryl methyl sites for hydroxylation is 2. The fourth-order valence-corrected chi connectivity index (χ4v) is 4.99. The number of ether oxygens (including phenoxy) is 1. The molecule has 1 aromatic rings. The third kappa shape index (κ3) is 3.93. The molecule has 0 aliphatic carbocycles. The van der Waals surface area contributed by atoms with Crippen molar-refractivity contribution in [1.82, 2.24) is 14.8 Å². The van der Waals surface area contributed by atoms with Gasteiger partial charge >= 0.3 is 0 Å². The second-order valence-electron chi connectivity index (χ2n) is 8.84. The number of amides is 2. The van der Waals surface area contributed by atoms with Gasteiger partial charge in [0.2, 0.25) is 5.91 Å². The molecule has 4 rings (SSSR count). The molecule has 28 heavy (non-hydrogen) atoms.